The van der Waals surface area contributed by atoms with Crippen LogP contribution >= 0.6 is 0 Å². The fourth-order valence-corrected chi connectivity index (χ4v) is 6.17. The van der Waals surface area contributed by atoms with Crippen LogP contribution in [0.1, 0.15) is 73.6 Å². The molecule has 0 aliphatic heterocycles. The highest BCUT2D eigenvalue weighted by atomic mass is 16.8. The van der Waals surface area contributed by atoms with Crippen LogP contribution in [0.15, 0.2) is 10.2 Å². The van der Waals surface area contributed by atoms with Crippen molar-refractivity contribution in [2.24, 2.45) is 10.2 Å². The van der Waals surface area contributed by atoms with Gasteiger partial charge in [0.25, 0.3) is 0 Å². The molecule has 0 rings (SSSR count). The number of nitrogens with one attached hydrogen (secondary N) is 2. The predicted octanol–water partition coefficient (Wildman–Crippen LogP) is 4.08. The highest BCUT2D eigenvalue weighted by Gasteiger charge is 2.32. The van der Waals surface area contributed by atoms with E-state index in [2.05, 4.69) is 30.7 Å². The monoisotopic (exact) mass is 1230 g/mol. The van der Waals surface area contributed by atoms with Crippen molar-refractivity contribution in [2.75, 3.05) is 224 Å². The van der Waals surface area contributed by atoms with Gasteiger partial charge in [-0.05, 0) is 78.3 Å². The number of carbonyl (C=O) groups is 5. The maximum atomic E-state index is 13.3. The number of nitrogens with zero attached hydrogens (tertiary/aromatic N) is 7. The van der Waals surface area contributed by atoms with E-state index in [0.717, 1.165) is 0 Å². The smallest absolute Gasteiger partial charge is 0.442 e. The molecule has 85 heavy (non-hydrogen) atoms. The molecule has 0 saturated carbocycles. The number of carbonyl (C=O) groups excluding carboxylic acids is 5. The number of ketones is 1. The summed E-state index contributed by atoms with van der Waals surface area (Å²) in [5.41, 5.74) is 14.8. The lowest BCUT2D eigenvalue weighted by Crippen LogP contribution is -2.44. The molecule has 32 nitrogen and oxygen atoms in total. The largest absolute Gasteiger partial charge is 0.444 e. The second-order valence-corrected chi connectivity index (χ2v) is 19.6. The average Bonchev–Trinajstić information content (AvgIpc) is 3.59. The van der Waals surface area contributed by atoms with Crippen LogP contribution in [0.25, 0.3) is 20.9 Å². The van der Waals surface area contributed by atoms with Crippen molar-refractivity contribution in [3.8, 4) is 0 Å². The first-order valence-electron chi connectivity index (χ1n) is 28.7. The van der Waals surface area contributed by atoms with Crippen molar-refractivity contribution in [3.63, 3.8) is 0 Å². The topological polar surface area (TPSA) is 376 Å². The Kier molecular flexibility index (Phi) is 55.1. The molecule has 0 aromatic heterocycles. The molecule has 494 valence electrons. The fraction of sp³-hybridized carbons (Fsp3) is 0.906. The Morgan fingerprint density at radius 2 is 0.729 bits per heavy atom. The minimum absolute atomic E-state index is 0.0710. The summed E-state index contributed by atoms with van der Waals surface area (Å²) >= 11 is 0. The maximum Gasteiger partial charge on any atom is 0.444 e. The summed E-state index contributed by atoms with van der Waals surface area (Å²) in [4.78, 5) is 74.1. The summed E-state index contributed by atoms with van der Waals surface area (Å²) in [6, 6.07) is -0.762. The van der Waals surface area contributed by atoms with Crippen molar-refractivity contribution in [1.82, 2.24) is 15.7 Å². The molecular weight excluding hydrogens is 1130 g/mol. The van der Waals surface area contributed by atoms with Gasteiger partial charge in [0.2, 0.25) is 11.8 Å². The molecule has 1 atom stereocenters. The van der Waals surface area contributed by atoms with Crippen LogP contribution in [0.5, 0.6) is 0 Å². The molecule has 4 amide bonds. The van der Waals surface area contributed by atoms with Crippen LogP contribution in [0.4, 0.5) is 9.59 Å². The zero-order valence-corrected chi connectivity index (χ0v) is 51.2. The standard InChI is InChI=1S/C53H99N9O23/c1-52(2,3)84-50(66)62(51(67)85-53(4,5)6)83-43-42-80-37-36-77-31-30-74-27-24-71-21-18-68-15-9-11-47(63)46(59-49(65)45-82-41-39-79-35-33-76-29-26-73-23-20-70-17-14-58-61-55)10-7-8-12-56-48(64)44-81-40-38-78-34-32-75-28-25-72-22-19-69-16-13-57-60-54/h46H,7-45H2,1-6H3,(H,56,64)(H,59,65)/t46-/m0/s1. The number of azide groups is 2. The molecule has 0 aromatic rings. The van der Waals surface area contributed by atoms with Gasteiger partial charge >= 0.3 is 12.2 Å². The first kappa shape index (κ1) is 80.3. The van der Waals surface area contributed by atoms with Gasteiger partial charge in [-0.3, -0.25) is 19.2 Å². The van der Waals surface area contributed by atoms with Gasteiger partial charge in [0.15, 0.2) is 5.78 Å². The molecule has 2 N–H and O–H groups in total. The molecule has 0 aliphatic carbocycles. The van der Waals surface area contributed by atoms with Crippen LogP contribution in [0, 0.1) is 0 Å². The lowest BCUT2D eigenvalue weighted by atomic mass is 10.0. The third-order valence-electron chi connectivity index (χ3n) is 9.97. The van der Waals surface area contributed by atoms with E-state index in [0.29, 0.717) is 176 Å². The molecule has 0 aliphatic rings. The Hall–Kier alpha value is -4.67. The van der Waals surface area contributed by atoms with Gasteiger partial charge in [0, 0.05) is 42.5 Å². The van der Waals surface area contributed by atoms with Gasteiger partial charge in [0.1, 0.15) is 24.4 Å². The molecule has 32 heteroatoms. The van der Waals surface area contributed by atoms with Crippen molar-refractivity contribution >= 4 is 29.8 Å². The van der Waals surface area contributed by atoms with Crippen LogP contribution in [-0.4, -0.2) is 277 Å². The molecule has 0 aromatic carbocycles. The Balaban J connectivity index is 4.41. The Morgan fingerprint density at radius 3 is 1.08 bits per heavy atom. The zero-order chi connectivity index (χ0) is 62.6. The number of amides is 4. The van der Waals surface area contributed by atoms with Crippen molar-refractivity contribution < 1.29 is 109 Å². The highest BCUT2D eigenvalue weighted by molar-refractivity contribution is 5.89. The second kappa shape index (κ2) is 58.4. The number of imide groups is 1. The molecule has 0 spiro atoms. The average molecular weight is 1230 g/mol. The van der Waals surface area contributed by atoms with Gasteiger partial charge in [-0.2, -0.15) is 0 Å². The number of hydrogen-bond donors (Lipinski definition) is 2. The molecule has 0 fully saturated rings. The quantitative estimate of drug-likeness (QED) is 0.0285. The van der Waals surface area contributed by atoms with Crippen LogP contribution in [0.2, 0.25) is 0 Å². The minimum Gasteiger partial charge on any atom is -0.442 e. The van der Waals surface area contributed by atoms with E-state index in [4.69, 9.17) is 96.4 Å². The number of hydrogen-bond acceptors (Lipinski definition) is 25. The fourth-order valence-electron chi connectivity index (χ4n) is 6.17. The van der Waals surface area contributed by atoms with E-state index < -0.39 is 35.3 Å². The SMILES string of the molecule is CC(C)(C)OC(=O)N(OCCOCCOCCOCCOCCOCCCC(=O)[C@H](CCCCNC(=O)COCCOCCOCCOCCOCCN=[N+]=[N-])NC(=O)COCCOCCOCCOCCOCCN=[N+]=[N-])C(=O)OC(C)(C)C. The molecule has 0 bridgehead atoms. The van der Waals surface area contributed by atoms with Gasteiger partial charge in [-0.25, -0.2) is 9.59 Å². The molecule has 0 unspecified atom stereocenters. The summed E-state index contributed by atoms with van der Waals surface area (Å²) in [5.74, 6) is -0.890. The normalized spacial score (nSPS) is 11.8. The minimum atomic E-state index is -1.00. The van der Waals surface area contributed by atoms with Gasteiger partial charge < -0.3 is 91.2 Å². The molecule has 0 radical (unpaired) electrons. The first-order valence-corrected chi connectivity index (χ1v) is 28.7. The number of ether oxygens (including phenoxy) is 17. The Morgan fingerprint density at radius 1 is 0.412 bits per heavy atom. The molecular formula is C53H99N9O23. The maximum absolute atomic E-state index is 13.3. The number of unbranched alkanes of at least 4 members (excludes halogenated alkanes) is 1. The van der Waals surface area contributed by atoms with Crippen LogP contribution < -0.4 is 10.6 Å². The predicted molar refractivity (Wildman–Crippen MR) is 304 cm³/mol. The summed E-state index contributed by atoms with van der Waals surface area (Å²) in [5, 5.41) is 12.8. The van der Waals surface area contributed by atoms with Crippen molar-refractivity contribution in [2.45, 2.75) is 90.9 Å². The molecule has 0 heterocycles. The van der Waals surface area contributed by atoms with E-state index in [1.165, 1.54) is 0 Å². The lowest BCUT2D eigenvalue weighted by Gasteiger charge is -2.27. The number of Topliss-reactive ketones (excluding diaryl/α,β-unsaturated/α-hetero) is 1. The van der Waals surface area contributed by atoms with E-state index in [9.17, 15) is 24.0 Å². The third-order valence-corrected chi connectivity index (χ3v) is 9.97. The third kappa shape index (κ3) is 59.4. The van der Waals surface area contributed by atoms with Crippen molar-refractivity contribution in [1.29, 1.82) is 0 Å². The van der Waals surface area contributed by atoms with E-state index in [1.807, 2.05) is 0 Å². The Bertz CT molecular complexity index is 1730. The first-order chi connectivity index (χ1) is 41.1. The molecule has 0 saturated heterocycles. The van der Waals surface area contributed by atoms with Gasteiger partial charge in [-0.15, -0.1) is 0 Å². The number of rotatable bonds is 61. The van der Waals surface area contributed by atoms with Crippen molar-refractivity contribution in [3.05, 3.63) is 20.9 Å². The lowest BCUT2D eigenvalue weighted by molar-refractivity contribution is -0.148. The highest BCUT2D eigenvalue weighted by Crippen LogP contribution is 2.15. The van der Waals surface area contributed by atoms with Crippen LogP contribution in [0.3, 0.4) is 0 Å². The van der Waals surface area contributed by atoms with Gasteiger partial charge in [-0.1, -0.05) is 15.3 Å². The summed E-state index contributed by atoms with van der Waals surface area (Å²) in [6.07, 6.45) is 0.0577. The summed E-state index contributed by atoms with van der Waals surface area (Å²) in [7, 11) is 0. The Labute approximate surface area is 500 Å². The zero-order valence-electron chi connectivity index (χ0n) is 51.2. The van der Waals surface area contributed by atoms with E-state index in [-0.39, 0.29) is 97.3 Å². The number of hydroxylamine groups is 2. The second-order valence-electron chi connectivity index (χ2n) is 19.6. The van der Waals surface area contributed by atoms with E-state index >= 15 is 0 Å². The summed E-state index contributed by atoms with van der Waals surface area (Å²) < 4.78 is 92.2. The summed E-state index contributed by atoms with van der Waals surface area (Å²) in [6.45, 7) is 19.4. The van der Waals surface area contributed by atoms with Gasteiger partial charge in [0.05, 0.1) is 191 Å². The van der Waals surface area contributed by atoms with Crippen LogP contribution in [-0.2, 0) is 99.7 Å². The van der Waals surface area contributed by atoms with E-state index in [1.54, 1.807) is 41.5 Å².